The van der Waals surface area contributed by atoms with E-state index in [1.54, 1.807) is 0 Å². The molecule has 0 radical (unpaired) electrons. The molecular formula is C13H20N4OS. The van der Waals surface area contributed by atoms with E-state index in [0.29, 0.717) is 22.1 Å². The van der Waals surface area contributed by atoms with Crippen molar-refractivity contribution in [2.75, 3.05) is 18.8 Å². The zero-order chi connectivity index (χ0) is 13.4. The van der Waals surface area contributed by atoms with Crippen molar-refractivity contribution < 1.29 is 4.79 Å². The third-order valence-electron chi connectivity index (χ3n) is 4.18. The van der Waals surface area contributed by atoms with Gasteiger partial charge in [-0.05, 0) is 39.2 Å². The summed E-state index contributed by atoms with van der Waals surface area (Å²) in [5.74, 6) is -0.0110. The van der Waals surface area contributed by atoms with Crippen LogP contribution >= 0.6 is 11.3 Å². The molecule has 19 heavy (non-hydrogen) atoms. The number of rotatable bonds is 2. The van der Waals surface area contributed by atoms with Crippen LogP contribution in [0.5, 0.6) is 0 Å². The smallest absolute Gasteiger partial charge is 0.263 e. The maximum absolute atomic E-state index is 12.2. The molecule has 2 atom stereocenters. The van der Waals surface area contributed by atoms with Gasteiger partial charge in [0.2, 0.25) is 0 Å². The van der Waals surface area contributed by atoms with Crippen molar-refractivity contribution in [2.24, 2.45) is 0 Å². The van der Waals surface area contributed by atoms with Crippen molar-refractivity contribution >= 4 is 22.4 Å². The molecule has 2 aliphatic rings. The number of fused-ring (bicyclic) bond motifs is 1. The Labute approximate surface area is 117 Å². The van der Waals surface area contributed by atoms with E-state index in [1.165, 1.54) is 30.7 Å². The van der Waals surface area contributed by atoms with Crippen molar-refractivity contribution in [2.45, 2.75) is 44.7 Å². The number of amides is 1. The number of nitrogens with zero attached hydrogens (tertiary/aromatic N) is 2. The number of carbonyl (C=O) groups is 1. The molecule has 0 saturated carbocycles. The molecule has 2 fully saturated rings. The molecule has 0 bridgehead atoms. The number of anilines is 1. The van der Waals surface area contributed by atoms with Crippen LogP contribution in [-0.2, 0) is 0 Å². The second kappa shape index (κ2) is 5.09. The Kier molecular flexibility index (Phi) is 3.45. The molecule has 2 saturated heterocycles. The average Bonchev–Trinajstić information content (AvgIpc) is 2.94. The summed E-state index contributed by atoms with van der Waals surface area (Å²) in [6.45, 7) is 4.18. The quantitative estimate of drug-likeness (QED) is 0.859. The molecule has 3 N–H and O–H groups in total. The topological polar surface area (TPSA) is 71.2 Å². The van der Waals surface area contributed by atoms with Crippen LogP contribution in [0.2, 0.25) is 0 Å². The molecule has 1 amide bonds. The minimum Gasteiger partial charge on any atom is -0.375 e. The standard InChI is InChI=1S/C13H20N4OS/c1-8-11(19-13(14)15-8)12(18)16-9-4-6-17-5-2-3-10(17)7-9/h9-10H,2-7H2,1H3,(H2,14,15)(H,16,18). The number of aryl methyl sites for hydroxylation is 1. The number of piperidine rings is 1. The number of hydrogen-bond acceptors (Lipinski definition) is 5. The normalized spacial score (nSPS) is 27.2. The van der Waals surface area contributed by atoms with Gasteiger partial charge in [-0.1, -0.05) is 11.3 Å². The van der Waals surface area contributed by atoms with Crippen LogP contribution in [0.25, 0.3) is 0 Å². The first-order valence-electron chi connectivity index (χ1n) is 6.91. The molecule has 1 aromatic heterocycles. The van der Waals surface area contributed by atoms with Gasteiger partial charge in [0.05, 0.1) is 5.69 Å². The highest BCUT2D eigenvalue weighted by Gasteiger charge is 2.32. The number of nitrogens with two attached hydrogens (primary N) is 1. The maximum Gasteiger partial charge on any atom is 0.263 e. The Morgan fingerprint density at radius 1 is 1.47 bits per heavy atom. The first-order chi connectivity index (χ1) is 9.13. The molecule has 0 aliphatic carbocycles. The van der Waals surface area contributed by atoms with Crippen molar-refractivity contribution in [3.05, 3.63) is 10.6 Å². The SMILES string of the molecule is Cc1nc(N)sc1C(=O)NC1CCN2CCCC2C1. The summed E-state index contributed by atoms with van der Waals surface area (Å²) in [7, 11) is 0. The molecule has 2 unspecified atom stereocenters. The van der Waals surface area contributed by atoms with E-state index >= 15 is 0 Å². The van der Waals surface area contributed by atoms with Crippen molar-refractivity contribution in [1.82, 2.24) is 15.2 Å². The van der Waals surface area contributed by atoms with E-state index < -0.39 is 0 Å². The number of nitrogen functional groups attached to an aromatic ring is 1. The van der Waals surface area contributed by atoms with Gasteiger partial charge >= 0.3 is 0 Å². The van der Waals surface area contributed by atoms with Crippen LogP contribution in [0.3, 0.4) is 0 Å². The molecule has 6 heteroatoms. The van der Waals surface area contributed by atoms with Gasteiger partial charge in [-0.25, -0.2) is 4.98 Å². The minimum absolute atomic E-state index is 0.0110. The Morgan fingerprint density at radius 2 is 2.32 bits per heavy atom. The molecule has 0 aromatic carbocycles. The zero-order valence-corrected chi connectivity index (χ0v) is 12.0. The summed E-state index contributed by atoms with van der Waals surface area (Å²) in [6, 6.07) is 0.973. The lowest BCUT2D eigenvalue weighted by Gasteiger charge is -2.35. The third kappa shape index (κ3) is 2.60. The highest BCUT2D eigenvalue weighted by Crippen LogP contribution is 2.27. The van der Waals surface area contributed by atoms with Crippen molar-refractivity contribution in [1.29, 1.82) is 0 Å². The fourth-order valence-electron chi connectivity index (χ4n) is 3.23. The second-order valence-electron chi connectivity index (χ2n) is 5.49. The van der Waals surface area contributed by atoms with Crippen molar-refractivity contribution in [3.63, 3.8) is 0 Å². The van der Waals surface area contributed by atoms with Crippen LogP contribution in [0, 0.1) is 6.92 Å². The number of carbonyl (C=O) groups excluding carboxylic acids is 1. The fraction of sp³-hybridized carbons (Fsp3) is 0.692. The minimum atomic E-state index is -0.0110. The molecule has 0 spiro atoms. The Balaban J connectivity index is 1.62. The third-order valence-corrected chi connectivity index (χ3v) is 5.16. The van der Waals surface area contributed by atoms with Crippen LogP contribution in [0.4, 0.5) is 5.13 Å². The highest BCUT2D eigenvalue weighted by atomic mass is 32.1. The van der Waals surface area contributed by atoms with Crippen LogP contribution in [-0.4, -0.2) is 41.0 Å². The second-order valence-corrected chi connectivity index (χ2v) is 6.52. The molecule has 3 rings (SSSR count). The van der Waals surface area contributed by atoms with Gasteiger partial charge in [-0.2, -0.15) is 0 Å². The summed E-state index contributed by atoms with van der Waals surface area (Å²) in [4.78, 5) is 19.5. The molecule has 2 aliphatic heterocycles. The Morgan fingerprint density at radius 3 is 3.05 bits per heavy atom. The van der Waals surface area contributed by atoms with E-state index in [-0.39, 0.29) is 5.91 Å². The first-order valence-corrected chi connectivity index (χ1v) is 7.73. The number of thiazole rings is 1. The van der Waals surface area contributed by atoms with Gasteiger partial charge in [-0.3, -0.25) is 4.79 Å². The molecule has 3 heterocycles. The summed E-state index contributed by atoms with van der Waals surface area (Å²) < 4.78 is 0. The van der Waals surface area contributed by atoms with Gasteiger partial charge < -0.3 is 16.0 Å². The fourth-order valence-corrected chi connectivity index (χ4v) is 3.97. The Hall–Kier alpha value is -1.14. The first kappa shape index (κ1) is 12.9. The van der Waals surface area contributed by atoms with Crippen LogP contribution < -0.4 is 11.1 Å². The van der Waals surface area contributed by atoms with Gasteiger partial charge in [0.1, 0.15) is 4.88 Å². The molecular weight excluding hydrogens is 260 g/mol. The lowest BCUT2D eigenvalue weighted by atomic mass is 9.97. The summed E-state index contributed by atoms with van der Waals surface area (Å²) in [5, 5.41) is 3.62. The van der Waals surface area contributed by atoms with Crippen LogP contribution in [0.1, 0.15) is 41.0 Å². The van der Waals surface area contributed by atoms with E-state index in [9.17, 15) is 4.79 Å². The zero-order valence-electron chi connectivity index (χ0n) is 11.2. The largest absolute Gasteiger partial charge is 0.375 e. The van der Waals surface area contributed by atoms with Gasteiger partial charge in [0.15, 0.2) is 5.13 Å². The predicted octanol–water partition coefficient (Wildman–Crippen LogP) is 1.39. The summed E-state index contributed by atoms with van der Waals surface area (Å²) in [6.07, 6.45) is 4.71. The number of hydrogen-bond donors (Lipinski definition) is 2. The monoisotopic (exact) mass is 280 g/mol. The van der Waals surface area contributed by atoms with E-state index in [1.807, 2.05) is 6.92 Å². The molecule has 5 nitrogen and oxygen atoms in total. The predicted molar refractivity (Wildman–Crippen MR) is 76.3 cm³/mol. The molecule has 1 aromatic rings. The van der Waals surface area contributed by atoms with E-state index in [0.717, 1.165) is 25.1 Å². The van der Waals surface area contributed by atoms with Crippen LogP contribution in [0.15, 0.2) is 0 Å². The Bertz CT molecular complexity index is 487. The highest BCUT2D eigenvalue weighted by molar-refractivity contribution is 7.17. The number of nitrogens with one attached hydrogen (secondary N) is 1. The lowest BCUT2D eigenvalue weighted by Crippen LogP contribution is -2.47. The van der Waals surface area contributed by atoms with Gasteiger partial charge in [0.25, 0.3) is 5.91 Å². The maximum atomic E-state index is 12.2. The van der Waals surface area contributed by atoms with Crippen molar-refractivity contribution in [3.8, 4) is 0 Å². The lowest BCUT2D eigenvalue weighted by molar-refractivity contribution is 0.0899. The van der Waals surface area contributed by atoms with Gasteiger partial charge in [0, 0.05) is 18.6 Å². The summed E-state index contributed by atoms with van der Waals surface area (Å²) in [5.41, 5.74) is 6.38. The number of aromatic nitrogens is 1. The summed E-state index contributed by atoms with van der Waals surface area (Å²) >= 11 is 1.27. The average molecular weight is 280 g/mol. The van der Waals surface area contributed by atoms with Gasteiger partial charge in [-0.15, -0.1) is 0 Å². The van der Waals surface area contributed by atoms with E-state index in [2.05, 4.69) is 15.2 Å². The molecule has 104 valence electrons. The van der Waals surface area contributed by atoms with E-state index in [4.69, 9.17) is 5.73 Å².